The molecule has 0 aliphatic rings. The minimum atomic E-state index is 0.0636. The molecule has 0 aromatic carbocycles. The molecule has 0 aromatic heterocycles. The van der Waals surface area contributed by atoms with Gasteiger partial charge in [0, 0.05) is 0 Å². The van der Waals surface area contributed by atoms with E-state index in [9.17, 15) is 0 Å². The van der Waals surface area contributed by atoms with Crippen LogP contribution in [-0.2, 0) is 0 Å². The summed E-state index contributed by atoms with van der Waals surface area (Å²) in [7, 11) is 0. The monoisotopic (exact) mass is 579 g/mol. The topological polar surface area (TPSA) is 0 Å². The Hall–Kier alpha value is 0.730. The Balaban J connectivity index is 0. The van der Waals surface area contributed by atoms with E-state index < -0.39 is 0 Å². The Morgan fingerprint density at radius 2 is 0.394 bits per heavy atom. The zero-order chi connectivity index (χ0) is 26.8. The fourth-order valence-electron chi connectivity index (χ4n) is 7.04. The van der Waals surface area contributed by atoms with E-state index in [2.05, 4.69) is 111 Å². The fourth-order valence-corrected chi connectivity index (χ4v) is 16.6. The summed E-state index contributed by atoms with van der Waals surface area (Å²) in [5.74, 6) is 9.62. The van der Waals surface area contributed by atoms with Crippen LogP contribution in [0.4, 0.5) is 0 Å². The normalized spacial score (nSPS) is 13.6. The Kier molecular flexibility index (Phi) is 18.7. The van der Waals surface area contributed by atoms with Gasteiger partial charge in [0.2, 0.25) is 0 Å². The number of halogens is 1. The summed E-state index contributed by atoms with van der Waals surface area (Å²) in [6.07, 6.45) is 0. The average molecular weight is 580 g/mol. The van der Waals surface area contributed by atoms with Gasteiger partial charge in [-0.05, 0) is 0 Å². The molecule has 0 spiro atoms. The van der Waals surface area contributed by atoms with Gasteiger partial charge in [-0.3, -0.25) is 0 Å². The van der Waals surface area contributed by atoms with E-state index in [-0.39, 0.29) is 21.2 Å². The number of hydrogen-bond donors (Lipinski definition) is 0. The summed E-state index contributed by atoms with van der Waals surface area (Å²) in [6.45, 7) is 44.2. The molecule has 0 saturated heterocycles. The Bertz CT molecular complexity index is 343. The van der Waals surface area contributed by atoms with Crippen LogP contribution in [0.5, 0.6) is 0 Å². The van der Waals surface area contributed by atoms with Gasteiger partial charge in [0.05, 0.1) is 0 Å². The van der Waals surface area contributed by atoms with Crippen molar-refractivity contribution in [3.8, 4) is 0 Å². The second kappa shape index (κ2) is 17.2. The summed E-state index contributed by atoms with van der Waals surface area (Å²) < 4.78 is 1.84. The van der Waals surface area contributed by atoms with E-state index in [0.717, 1.165) is 78.9 Å². The van der Waals surface area contributed by atoms with Crippen molar-refractivity contribution in [1.29, 1.82) is 0 Å². The van der Waals surface area contributed by atoms with Gasteiger partial charge in [-0.2, -0.15) is 0 Å². The summed E-state index contributed by atoms with van der Waals surface area (Å²) in [5.41, 5.74) is 0. The second-order valence-electron chi connectivity index (χ2n) is 13.3. The van der Waals surface area contributed by atoms with Gasteiger partial charge in [0.25, 0.3) is 0 Å². The van der Waals surface area contributed by atoms with Gasteiger partial charge >= 0.3 is 211 Å². The molecule has 204 valence electrons. The van der Waals surface area contributed by atoms with Crippen molar-refractivity contribution in [1.82, 2.24) is 0 Å². The molecule has 0 amide bonds. The summed E-state index contributed by atoms with van der Waals surface area (Å²) in [5, 5.41) is 0. The van der Waals surface area contributed by atoms with Crippen molar-refractivity contribution in [2.24, 2.45) is 71.0 Å². The average Bonchev–Trinajstić information content (AvgIpc) is 2.60. The number of alkyl halides is 2. The molecule has 0 unspecified atom stereocenters. The molecule has 0 fully saturated rings. The Labute approximate surface area is 223 Å². The van der Waals surface area contributed by atoms with Crippen molar-refractivity contribution >= 4 is 0 Å². The van der Waals surface area contributed by atoms with E-state index in [4.69, 9.17) is 0 Å². The molecule has 0 nitrogen and oxygen atoms in total. The summed E-state index contributed by atoms with van der Waals surface area (Å²) in [6, 6.07) is 0. The first-order valence-electron chi connectivity index (χ1n) is 14.7. The molecule has 0 aliphatic heterocycles. The van der Waals surface area contributed by atoms with Crippen LogP contribution in [-0.4, -0.2) is 7.85 Å². The van der Waals surface area contributed by atoms with Gasteiger partial charge in [-0.15, -0.1) is 0 Å². The van der Waals surface area contributed by atoms with Crippen LogP contribution in [0.2, 0.25) is 0 Å². The molecule has 0 radical (unpaired) electrons. The SMILES string of the molecule is CC.CC(C)C(C(C)C)C([I-]C(C(C(C)C)C(C)C)C(C(C)C)C(C)C)C(C(C)C)C(C)C. The predicted octanol–water partition coefficient (Wildman–Crippen LogP) is 7.55. The standard InChI is InChI=1S/C30H62I.C2H6/c1-17(2)25(18(3)4)29(26(19(5)6)20(7)8)31-30(27(21(9)10)22(11)12)28(23(13)14)24(15)16;1-2/h17-30H,1-16H3;1-2H3/q-1;. The Morgan fingerprint density at radius 3 is 0.485 bits per heavy atom. The van der Waals surface area contributed by atoms with Crippen molar-refractivity contribution < 1.29 is 21.2 Å². The molecular formula is C32H68I-. The van der Waals surface area contributed by atoms with E-state index in [1.165, 1.54) is 0 Å². The molecular weight excluding hydrogens is 511 g/mol. The third kappa shape index (κ3) is 11.1. The minimum absolute atomic E-state index is 0.0636. The van der Waals surface area contributed by atoms with E-state index in [1.807, 2.05) is 13.8 Å². The van der Waals surface area contributed by atoms with Crippen LogP contribution in [0.25, 0.3) is 0 Å². The van der Waals surface area contributed by atoms with Crippen LogP contribution >= 0.6 is 0 Å². The molecule has 0 atom stereocenters. The number of rotatable bonds is 14. The predicted molar refractivity (Wildman–Crippen MR) is 152 cm³/mol. The van der Waals surface area contributed by atoms with Crippen LogP contribution in [0.3, 0.4) is 0 Å². The molecule has 0 heterocycles. The zero-order valence-electron chi connectivity index (χ0n) is 26.5. The van der Waals surface area contributed by atoms with Gasteiger partial charge in [-0.25, -0.2) is 0 Å². The first kappa shape index (κ1) is 35.9. The maximum absolute atomic E-state index is 2.51. The van der Waals surface area contributed by atoms with Gasteiger partial charge in [0.15, 0.2) is 0 Å². The Morgan fingerprint density at radius 1 is 0.273 bits per heavy atom. The van der Waals surface area contributed by atoms with Gasteiger partial charge < -0.3 is 0 Å². The van der Waals surface area contributed by atoms with Crippen molar-refractivity contribution in [3.05, 3.63) is 0 Å². The maximum atomic E-state index is 2.51. The quantitative estimate of drug-likeness (QED) is 0.147. The second-order valence-corrected chi connectivity index (χ2v) is 16.9. The third-order valence-corrected chi connectivity index (χ3v) is 12.9. The number of hydrogen-bond acceptors (Lipinski definition) is 0. The first-order chi connectivity index (χ1) is 15.1. The van der Waals surface area contributed by atoms with E-state index in [1.54, 1.807) is 0 Å². The van der Waals surface area contributed by atoms with E-state index in [0.29, 0.717) is 0 Å². The molecule has 0 aromatic rings. The first-order valence-corrected chi connectivity index (χ1v) is 17.2. The van der Waals surface area contributed by atoms with Crippen LogP contribution in [0.1, 0.15) is 125 Å². The van der Waals surface area contributed by atoms with Crippen molar-refractivity contribution in [2.75, 3.05) is 0 Å². The van der Waals surface area contributed by atoms with Crippen LogP contribution < -0.4 is 21.2 Å². The molecule has 0 rings (SSSR count). The van der Waals surface area contributed by atoms with Crippen molar-refractivity contribution in [2.45, 2.75) is 132 Å². The summed E-state index contributed by atoms with van der Waals surface area (Å²) in [4.78, 5) is 0. The molecule has 0 bridgehead atoms. The van der Waals surface area contributed by atoms with Crippen LogP contribution in [0, 0.1) is 71.0 Å². The zero-order valence-corrected chi connectivity index (χ0v) is 28.6. The van der Waals surface area contributed by atoms with Gasteiger partial charge in [-0.1, -0.05) is 13.8 Å². The third-order valence-electron chi connectivity index (χ3n) is 7.92. The molecule has 0 saturated carbocycles. The summed E-state index contributed by atoms with van der Waals surface area (Å²) >= 11 is 0.0636. The van der Waals surface area contributed by atoms with Crippen molar-refractivity contribution in [3.63, 3.8) is 0 Å². The van der Waals surface area contributed by atoms with Crippen LogP contribution in [0.15, 0.2) is 0 Å². The molecule has 1 heteroatoms. The molecule has 33 heavy (non-hydrogen) atoms. The van der Waals surface area contributed by atoms with Gasteiger partial charge in [0.1, 0.15) is 0 Å². The van der Waals surface area contributed by atoms with E-state index >= 15 is 0 Å². The fraction of sp³-hybridized carbons (Fsp3) is 1.00. The molecule has 0 aliphatic carbocycles. The molecule has 0 N–H and O–H groups in total.